The van der Waals surface area contributed by atoms with Crippen LogP contribution in [0.15, 0.2) is 18.2 Å². The maximum Gasteiger partial charge on any atom is 0.128 e. The summed E-state index contributed by atoms with van der Waals surface area (Å²) in [6.45, 7) is 4.16. The van der Waals surface area contributed by atoms with Crippen LogP contribution in [-0.2, 0) is 6.42 Å². The van der Waals surface area contributed by atoms with Crippen molar-refractivity contribution in [3.8, 4) is 0 Å². The number of aliphatic hydroxyl groups is 1. The maximum atomic E-state index is 9.62. The van der Waals surface area contributed by atoms with E-state index in [0.717, 1.165) is 50.6 Å². The Hall–Kier alpha value is -1.13. The zero-order valence-electron chi connectivity index (χ0n) is 12.8. The third kappa shape index (κ3) is 4.17. The summed E-state index contributed by atoms with van der Waals surface area (Å²) < 4.78 is 0. The lowest BCUT2D eigenvalue weighted by Crippen LogP contribution is -2.36. The molecule has 0 bridgehead atoms. The Kier molecular flexibility index (Phi) is 5.09. The number of nitrogens with zero attached hydrogens (tertiary/aromatic N) is 2. The van der Waals surface area contributed by atoms with Gasteiger partial charge in [-0.05, 0) is 69.7 Å². The van der Waals surface area contributed by atoms with E-state index in [2.05, 4.69) is 28.4 Å². The van der Waals surface area contributed by atoms with Gasteiger partial charge in [-0.2, -0.15) is 0 Å². The summed E-state index contributed by atoms with van der Waals surface area (Å²) in [5.41, 5.74) is 1.23. The Morgan fingerprint density at radius 3 is 2.86 bits per heavy atom. The maximum absolute atomic E-state index is 9.62. The summed E-state index contributed by atoms with van der Waals surface area (Å²) in [7, 11) is 0. The molecule has 21 heavy (non-hydrogen) atoms. The Morgan fingerprint density at radius 2 is 2.00 bits per heavy atom. The Bertz CT molecular complexity index is 435. The van der Waals surface area contributed by atoms with Crippen molar-refractivity contribution in [1.29, 1.82) is 0 Å². The molecule has 0 radical (unpaired) electrons. The molecule has 0 aromatic carbocycles. The molecule has 2 aliphatic rings. The molecule has 3 heterocycles. The van der Waals surface area contributed by atoms with Gasteiger partial charge in [0.15, 0.2) is 0 Å². The third-order valence-corrected chi connectivity index (χ3v) is 4.77. The van der Waals surface area contributed by atoms with Crippen molar-refractivity contribution in [2.75, 3.05) is 31.1 Å². The molecule has 1 aromatic heterocycles. The van der Waals surface area contributed by atoms with Gasteiger partial charge < -0.3 is 15.3 Å². The SMILES string of the molecule is OC1CCN(c2cccc(C[C@H]3CCCNCC3)n2)CC1. The van der Waals surface area contributed by atoms with Gasteiger partial charge in [-0.1, -0.05) is 6.07 Å². The first kappa shape index (κ1) is 14.8. The van der Waals surface area contributed by atoms with E-state index < -0.39 is 0 Å². The first-order valence-electron chi connectivity index (χ1n) is 8.41. The Morgan fingerprint density at radius 1 is 1.14 bits per heavy atom. The number of anilines is 1. The number of rotatable bonds is 3. The number of hydrogen-bond acceptors (Lipinski definition) is 4. The fraction of sp³-hybridized carbons (Fsp3) is 0.706. The normalized spacial score (nSPS) is 24.8. The minimum absolute atomic E-state index is 0.122. The van der Waals surface area contributed by atoms with Crippen LogP contribution in [0.3, 0.4) is 0 Å². The highest BCUT2D eigenvalue weighted by atomic mass is 16.3. The number of aromatic nitrogens is 1. The van der Waals surface area contributed by atoms with Crippen LogP contribution in [0.4, 0.5) is 5.82 Å². The molecule has 2 N–H and O–H groups in total. The van der Waals surface area contributed by atoms with Crippen LogP contribution in [0.5, 0.6) is 0 Å². The predicted octanol–water partition coefficient (Wildman–Crippen LogP) is 1.97. The molecule has 2 saturated heterocycles. The molecule has 0 unspecified atom stereocenters. The number of piperidine rings is 1. The van der Waals surface area contributed by atoms with Crippen LogP contribution < -0.4 is 10.2 Å². The van der Waals surface area contributed by atoms with Crippen molar-refractivity contribution in [3.05, 3.63) is 23.9 Å². The Balaban J connectivity index is 1.62. The molecule has 116 valence electrons. The average Bonchev–Trinajstić information content (AvgIpc) is 2.77. The van der Waals surface area contributed by atoms with Gasteiger partial charge in [-0.15, -0.1) is 0 Å². The van der Waals surface area contributed by atoms with Crippen molar-refractivity contribution in [1.82, 2.24) is 10.3 Å². The minimum atomic E-state index is -0.122. The van der Waals surface area contributed by atoms with Gasteiger partial charge in [0, 0.05) is 18.8 Å². The largest absolute Gasteiger partial charge is 0.393 e. The van der Waals surface area contributed by atoms with Crippen molar-refractivity contribution in [3.63, 3.8) is 0 Å². The fourth-order valence-corrected chi connectivity index (χ4v) is 3.44. The number of pyridine rings is 1. The lowest BCUT2D eigenvalue weighted by Gasteiger charge is -2.30. The molecule has 0 saturated carbocycles. The van der Waals surface area contributed by atoms with E-state index in [4.69, 9.17) is 4.98 Å². The van der Waals surface area contributed by atoms with E-state index in [9.17, 15) is 5.11 Å². The molecule has 0 aliphatic carbocycles. The van der Waals surface area contributed by atoms with E-state index >= 15 is 0 Å². The summed E-state index contributed by atoms with van der Waals surface area (Å²) in [4.78, 5) is 7.18. The zero-order chi connectivity index (χ0) is 14.5. The third-order valence-electron chi connectivity index (χ3n) is 4.77. The van der Waals surface area contributed by atoms with Gasteiger partial charge in [0.05, 0.1) is 6.10 Å². The van der Waals surface area contributed by atoms with Gasteiger partial charge in [0.1, 0.15) is 5.82 Å². The van der Waals surface area contributed by atoms with Crippen LogP contribution in [0.25, 0.3) is 0 Å². The molecule has 1 aromatic rings. The van der Waals surface area contributed by atoms with Gasteiger partial charge in [-0.25, -0.2) is 4.98 Å². The van der Waals surface area contributed by atoms with Gasteiger partial charge >= 0.3 is 0 Å². The molecule has 4 nitrogen and oxygen atoms in total. The van der Waals surface area contributed by atoms with Gasteiger partial charge in [0.25, 0.3) is 0 Å². The lowest BCUT2D eigenvalue weighted by molar-refractivity contribution is 0.145. The first-order valence-corrected chi connectivity index (χ1v) is 8.41. The number of nitrogens with one attached hydrogen (secondary N) is 1. The van der Waals surface area contributed by atoms with Gasteiger partial charge in [-0.3, -0.25) is 0 Å². The average molecular weight is 289 g/mol. The van der Waals surface area contributed by atoms with Crippen LogP contribution in [0, 0.1) is 5.92 Å². The molecule has 3 rings (SSSR count). The zero-order valence-corrected chi connectivity index (χ0v) is 12.8. The summed E-state index contributed by atoms with van der Waals surface area (Å²) in [6, 6.07) is 6.41. The van der Waals surface area contributed by atoms with Crippen molar-refractivity contribution in [2.24, 2.45) is 5.92 Å². The van der Waals surface area contributed by atoms with E-state index in [1.54, 1.807) is 0 Å². The van der Waals surface area contributed by atoms with Crippen LogP contribution in [0.2, 0.25) is 0 Å². The molecular weight excluding hydrogens is 262 g/mol. The second kappa shape index (κ2) is 7.23. The fourth-order valence-electron chi connectivity index (χ4n) is 3.44. The summed E-state index contributed by atoms with van der Waals surface area (Å²) in [5.74, 6) is 1.86. The highest BCUT2D eigenvalue weighted by molar-refractivity contribution is 5.39. The first-order chi connectivity index (χ1) is 10.3. The summed E-state index contributed by atoms with van der Waals surface area (Å²) in [5, 5.41) is 13.1. The van der Waals surface area contributed by atoms with Crippen LogP contribution in [-0.4, -0.2) is 42.4 Å². The van der Waals surface area contributed by atoms with Crippen molar-refractivity contribution in [2.45, 2.75) is 44.6 Å². The van der Waals surface area contributed by atoms with Crippen molar-refractivity contribution < 1.29 is 5.11 Å². The summed E-state index contributed by atoms with van der Waals surface area (Å²) >= 11 is 0. The number of aliphatic hydroxyl groups excluding tert-OH is 1. The summed E-state index contributed by atoms with van der Waals surface area (Å²) in [6.07, 6.45) is 6.57. The number of hydrogen-bond donors (Lipinski definition) is 2. The molecule has 0 spiro atoms. The molecule has 2 aliphatic heterocycles. The molecule has 0 amide bonds. The quantitative estimate of drug-likeness (QED) is 0.893. The lowest BCUT2D eigenvalue weighted by atomic mass is 9.95. The standard InChI is InChI=1S/C17H27N3O/c21-16-7-11-20(12-8-16)17-5-1-4-15(19-17)13-14-3-2-9-18-10-6-14/h1,4-5,14,16,18,21H,2-3,6-13H2/t14-/m0/s1. The molecule has 1 atom stereocenters. The smallest absolute Gasteiger partial charge is 0.128 e. The molecule has 2 fully saturated rings. The van der Waals surface area contributed by atoms with E-state index in [1.165, 1.54) is 31.5 Å². The van der Waals surface area contributed by atoms with E-state index in [1.807, 2.05) is 0 Å². The monoisotopic (exact) mass is 289 g/mol. The highest BCUT2D eigenvalue weighted by Gasteiger charge is 2.19. The highest BCUT2D eigenvalue weighted by Crippen LogP contribution is 2.22. The second-order valence-electron chi connectivity index (χ2n) is 6.46. The van der Waals surface area contributed by atoms with E-state index in [0.29, 0.717) is 0 Å². The van der Waals surface area contributed by atoms with E-state index in [-0.39, 0.29) is 6.10 Å². The van der Waals surface area contributed by atoms with Gasteiger partial charge in [0.2, 0.25) is 0 Å². The molecular formula is C17H27N3O. The molecule has 4 heteroatoms. The predicted molar refractivity (Wildman–Crippen MR) is 85.6 cm³/mol. The van der Waals surface area contributed by atoms with Crippen LogP contribution >= 0.6 is 0 Å². The minimum Gasteiger partial charge on any atom is -0.393 e. The van der Waals surface area contributed by atoms with Crippen molar-refractivity contribution >= 4 is 5.82 Å². The second-order valence-corrected chi connectivity index (χ2v) is 6.46. The van der Waals surface area contributed by atoms with Crippen LogP contribution in [0.1, 0.15) is 37.8 Å². The topological polar surface area (TPSA) is 48.4 Å². The Labute approximate surface area is 127 Å².